The van der Waals surface area contributed by atoms with Crippen LogP contribution < -0.4 is 9.62 Å². The summed E-state index contributed by atoms with van der Waals surface area (Å²) in [6, 6.07) is 15.9. The minimum Gasteiger partial charge on any atom is -0.352 e. The molecule has 0 aromatic heterocycles. The van der Waals surface area contributed by atoms with Crippen LogP contribution in [0.15, 0.2) is 72.8 Å². The van der Waals surface area contributed by atoms with Crippen LogP contribution in [0.25, 0.3) is 0 Å². The van der Waals surface area contributed by atoms with Gasteiger partial charge in [-0.05, 0) is 49.2 Å². The van der Waals surface area contributed by atoms with Gasteiger partial charge >= 0.3 is 6.18 Å². The molecule has 0 radical (unpaired) electrons. The van der Waals surface area contributed by atoms with Crippen LogP contribution in [-0.2, 0) is 38.8 Å². The molecule has 3 rings (SSSR count). The molecule has 13 heteroatoms. The summed E-state index contributed by atoms with van der Waals surface area (Å²) in [7, 11) is -4.26. The van der Waals surface area contributed by atoms with Gasteiger partial charge in [0.05, 0.1) is 17.5 Å². The molecule has 0 bridgehead atoms. The molecule has 43 heavy (non-hydrogen) atoms. The fourth-order valence-electron chi connectivity index (χ4n) is 4.30. The first-order valence-corrected chi connectivity index (χ1v) is 15.9. The van der Waals surface area contributed by atoms with E-state index in [1.165, 1.54) is 4.90 Å². The van der Waals surface area contributed by atoms with Crippen molar-refractivity contribution < 1.29 is 31.2 Å². The monoisotopic (exact) mass is 657 g/mol. The van der Waals surface area contributed by atoms with Gasteiger partial charge < -0.3 is 10.2 Å². The lowest BCUT2D eigenvalue weighted by molar-refractivity contribution is -0.140. The molecule has 0 fully saturated rings. The molecular weight excluding hydrogens is 626 g/mol. The van der Waals surface area contributed by atoms with Gasteiger partial charge in [-0.1, -0.05) is 72.6 Å². The SMILES string of the molecule is CC[C@H](C)NC(=O)[C@H](Cc1ccccc1)N(Cc1c(Cl)cccc1Cl)C(=O)CN(c1cccc(C(F)(F)F)c1)S(C)(=O)=O. The van der Waals surface area contributed by atoms with Crippen LogP contribution in [0, 0.1) is 0 Å². The highest BCUT2D eigenvalue weighted by Crippen LogP contribution is 2.33. The van der Waals surface area contributed by atoms with Gasteiger partial charge in [0.25, 0.3) is 0 Å². The quantitative estimate of drug-likeness (QED) is 0.247. The predicted molar refractivity (Wildman–Crippen MR) is 162 cm³/mol. The molecule has 0 unspecified atom stereocenters. The van der Waals surface area contributed by atoms with Crippen molar-refractivity contribution >= 4 is 50.7 Å². The lowest BCUT2D eigenvalue weighted by Gasteiger charge is -2.34. The number of anilines is 1. The summed E-state index contributed by atoms with van der Waals surface area (Å²) in [6.07, 6.45) is -3.30. The van der Waals surface area contributed by atoms with E-state index in [1.54, 1.807) is 55.5 Å². The second-order valence-corrected chi connectivity index (χ2v) is 12.8. The highest BCUT2D eigenvalue weighted by Gasteiger charge is 2.35. The standard InChI is InChI=1S/C30H32Cl2F3N3O4S/c1-4-20(2)36-29(40)27(16-21-10-6-5-7-11-21)37(18-24-25(31)14-9-15-26(24)32)28(39)19-38(43(3,41)42)23-13-8-12-22(17-23)30(33,34)35/h5-15,17,20,27H,4,16,18-19H2,1-3H3,(H,36,40)/t20-,27-/m0/s1. The molecule has 0 aliphatic carbocycles. The molecule has 0 aliphatic rings. The molecule has 232 valence electrons. The Morgan fingerprint density at radius 3 is 2.12 bits per heavy atom. The number of carbonyl (C=O) groups excluding carboxylic acids is 2. The number of nitrogens with zero attached hydrogens (tertiary/aromatic N) is 2. The third kappa shape index (κ3) is 9.35. The molecule has 2 atom stereocenters. The largest absolute Gasteiger partial charge is 0.416 e. The zero-order valence-electron chi connectivity index (χ0n) is 23.7. The van der Waals surface area contributed by atoms with Crippen molar-refractivity contribution in [1.29, 1.82) is 0 Å². The fraction of sp³-hybridized carbons (Fsp3) is 0.333. The molecule has 1 N–H and O–H groups in total. The number of alkyl halides is 3. The Morgan fingerprint density at radius 1 is 0.953 bits per heavy atom. The summed E-state index contributed by atoms with van der Waals surface area (Å²) in [4.78, 5) is 29.0. The second-order valence-electron chi connectivity index (χ2n) is 10.1. The molecule has 3 aromatic carbocycles. The minimum absolute atomic E-state index is 0.0549. The van der Waals surface area contributed by atoms with Crippen LogP contribution in [0.3, 0.4) is 0 Å². The fourth-order valence-corrected chi connectivity index (χ4v) is 5.66. The molecule has 0 aliphatic heterocycles. The number of rotatable bonds is 12. The summed E-state index contributed by atoms with van der Waals surface area (Å²) < 4.78 is 66.7. The van der Waals surface area contributed by atoms with Gasteiger partial charge in [0.15, 0.2) is 0 Å². The van der Waals surface area contributed by atoms with Crippen LogP contribution in [0.4, 0.5) is 18.9 Å². The first kappa shape index (κ1) is 34.2. The van der Waals surface area contributed by atoms with Crippen LogP contribution in [0.2, 0.25) is 10.0 Å². The number of sulfonamides is 1. The van der Waals surface area contributed by atoms with Gasteiger partial charge in [0.1, 0.15) is 12.6 Å². The first-order valence-electron chi connectivity index (χ1n) is 13.3. The second kappa shape index (κ2) is 14.5. The van der Waals surface area contributed by atoms with Gasteiger partial charge in [0, 0.05) is 34.6 Å². The van der Waals surface area contributed by atoms with Crippen molar-refractivity contribution in [3.8, 4) is 0 Å². The zero-order valence-corrected chi connectivity index (χ0v) is 26.1. The number of halogens is 5. The van der Waals surface area contributed by atoms with E-state index in [4.69, 9.17) is 23.2 Å². The molecule has 0 saturated heterocycles. The molecule has 0 heterocycles. The zero-order chi connectivity index (χ0) is 31.9. The molecule has 3 aromatic rings. The Kier molecular flexibility index (Phi) is 11.5. The summed E-state index contributed by atoms with van der Waals surface area (Å²) in [5.74, 6) is -1.35. The lowest BCUT2D eigenvalue weighted by Crippen LogP contribution is -2.54. The van der Waals surface area contributed by atoms with Crippen LogP contribution in [-0.4, -0.2) is 50.0 Å². The number of hydrogen-bond acceptors (Lipinski definition) is 4. The molecule has 7 nitrogen and oxygen atoms in total. The van der Waals surface area contributed by atoms with Crippen molar-refractivity contribution in [1.82, 2.24) is 10.2 Å². The third-order valence-corrected chi connectivity index (χ3v) is 8.65. The van der Waals surface area contributed by atoms with Crippen molar-refractivity contribution in [3.05, 3.63) is 99.5 Å². The average Bonchev–Trinajstić information content (AvgIpc) is 2.94. The maximum absolute atomic E-state index is 14.1. The highest BCUT2D eigenvalue weighted by atomic mass is 35.5. The van der Waals surface area contributed by atoms with Crippen molar-refractivity contribution in [3.63, 3.8) is 0 Å². The summed E-state index contributed by atoms with van der Waals surface area (Å²) in [5.41, 5.74) is -0.406. The van der Waals surface area contributed by atoms with Gasteiger partial charge in [-0.2, -0.15) is 13.2 Å². The van der Waals surface area contributed by atoms with E-state index in [0.29, 0.717) is 27.9 Å². The van der Waals surface area contributed by atoms with Crippen LogP contribution in [0.5, 0.6) is 0 Å². The predicted octanol–water partition coefficient (Wildman–Crippen LogP) is 6.33. The maximum atomic E-state index is 14.1. The Labute approximate surface area is 259 Å². The number of hydrogen-bond donors (Lipinski definition) is 1. The van der Waals surface area contributed by atoms with Gasteiger partial charge in [0.2, 0.25) is 21.8 Å². The van der Waals surface area contributed by atoms with E-state index >= 15 is 0 Å². The van der Waals surface area contributed by atoms with E-state index in [0.717, 1.165) is 24.5 Å². The number of benzene rings is 3. The van der Waals surface area contributed by atoms with Crippen molar-refractivity contribution in [2.24, 2.45) is 0 Å². The molecular formula is C30H32Cl2F3N3O4S. The highest BCUT2D eigenvalue weighted by molar-refractivity contribution is 7.92. The number of carbonyl (C=O) groups is 2. The van der Waals surface area contributed by atoms with Crippen LogP contribution in [0.1, 0.15) is 37.0 Å². The third-order valence-electron chi connectivity index (χ3n) is 6.80. The minimum atomic E-state index is -4.75. The van der Waals surface area contributed by atoms with E-state index in [1.807, 2.05) is 6.92 Å². The number of nitrogens with one attached hydrogen (secondary N) is 1. The Balaban J connectivity index is 2.13. The van der Waals surface area contributed by atoms with Gasteiger partial charge in [-0.3, -0.25) is 13.9 Å². The van der Waals surface area contributed by atoms with E-state index < -0.39 is 46.2 Å². The maximum Gasteiger partial charge on any atom is 0.416 e. The Morgan fingerprint density at radius 2 is 1.56 bits per heavy atom. The smallest absolute Gasteiger partial charge is 0.352 e. The summed E-state index contributed by atoms with van der Waals surface area (Å²) >= 11 is 12.9. The Bertz CT molecular complexity index is 1520. The van der Waals surface area contributed by atoms with Crippen molar-refractivity contribution in [2.75, 3.05) is 17.1 Å². The summed E-state index contributed by atoms with van der Waals surface area (Å²) in [6.45, 7) is 2.52. The van der Waals surface area contributed by atoms with E-state index in [9.17, 15) is 31.2 Å². The normalized spacial score (nSPS) is 13.2. The van der Waals surface area contributed by atoms with Gasteiger partial charge in [-0.15, -0.1) is 0 Å². The van der Waals surface area contributed by atoms with Crippen LogP contribution >= 0.6 is 23.2 Å². The van der Waals surface area contributed by atoms with Crippen molar-refractivity contribution in [2.45, 2.75) is 51.5 Å². The topological polar surface area (TPSA) is 86.8 Å². The van der Waals surface area contributed by atoms with Gasteiger partial charge in [-0.25, -0.2) is 8.42 Å². The summed E-state index contributed by atoms with van der Waals surface area (Å²) in [5, 5.41) is 3.31. The lowest BCUT2D eigenvalue weighted by atomic mass is 10.0. The number of amides is 2. The Hall–Kier alpha value is -3.28. The average molecular weight is 659 g/mol. The molecule has 2 amide bonds. The molecule has 0 spiro atoms. The van der Waals surface area contributed by atoms with E-state index in [-0.39, 0.29) is 34.7 Å². The molecule has 0 saturated carbocycles. The van der Waals surface area contributed by atoms with E-state index in [2.05, 4.69) is 5.32 Å². The first-order chi connectivity index (χ1) is 20.1.